The second-order valence-electron chi connectivity index (χ2n) is 5.69. The lowest BCUT2D eigenvalue weighted by Gasteiger charge is -2.15. The van der Waals surface area contributed by atoms with Crippen molar-refractivity contribution in [2.24, 2.45) is 5.14 Å². The number of aryl methyl sites for hydroxylation is 1. The summed E-state index contributed by atoms with van der Waals surface area (Å²) in [7, 11) is -3.75. The van der Waals surface area contributed by atoms with E-state index in [0.29, 0.717) is 23.2 Å². The van der Waals surface area contributed by atoms with E-state index in [1.54, 1.807) is 12.1 Å². The Bertz CT molecular complexity index is 797. The van der Waals surface area contributed by atoms with Crippen LogP contribution in [0.15, 0.2) is 35.2 Å². The molecule has 0 spiro atoms. The topological polar surface area (TPSA) is 89.2 Å². The van der Waals surface area contributed by atoms with Gasteiger partial charge in [-0.15, -0.1) is 10.2 Å². The van der Waals surface area contributed by atoms with E-state index in [4.69, 9.17) is 5.14 Å². The van der Waals surface area contributed by atoms with Gasteiger partial charge in [0.15, 0.2) is 5.82 Å². The van der Waals surface area contributed by atoms with Crippen molar-refractivity contribution in [1.82, 2.24) is 10.2 Å². The third kappa shape index (κ3) is 3.35. The summed E-state index contributed by atoms with van der Waals surface area (Å²) >= 11 is 0. The van der Waals surface area contributed by atoms with Gasteiger partial charge in [-0.3, -0.25) is 0 Å². The van der Waals surface area contributed by atoms with E-state index in [0.717, 1.165) is 18.9 Å². The summed E-state index contributed by atoms with van der Waals surface area (Å²) in [4.78, 5) is 2.36. The van der Waals surface area contributed by atoms with Crippen LogP contribution in [-0.2, 0) is 16.4 Å². The van der Waals surface area contributed by atoms with Gasteiger partial charge in [0.05, 0.1) is 10.6 Å². The predicted octanol–water partition coefficient (Wildman–Crippen LogP) is 1.95. The zero-order valence-corrected chi connectivity index (χ0v) is 13.9. The van der Waals surface area contributed by atoms with E-state index >= 15 is 0 Å². The van der Waals surface area contributed by atoms with Crippen LogP contribution in [0.2, 0.25) is 0 Å². The number of anilines is 1. The van der Waals surface area contributed by atoms with Crippen LogP contribution >= 0.6 is 0 Å². The molecular formula is C16H20N4O2S. The second-order valence-corrected chi connectivity index (χ2v) is 7.22. The number of rotatable bonds is 4. The van der Waals surface area contributed by atoms with Crippen LogP contribution in [0.4, 0.5) is 5.82 Å². The highest BCUT2D eigenvalue weighted by Crippen LogP contribution is 2.25. The third-order valence-electron chi connectivity index (χ3n) is 4.13. The van der Waals surface area contributed by atoms with Crippen molar-refractivity contribution in [1.29, 1.82) is 0 Å². The van der Waals surface area contributed by atoms with Gasteiger partial charge >= 0.3 is 0 Å². The molecule has 6 nitrogen and oxygen atoms in total. The van der Waals surface area contributed by atoms with E-state index < -0.39 is 10.0 Å². The van der Waals surface area contributed by atoms with Crippen molar-refractivity contribution in [2.45, 2.75) is 31.1 Å². The fourth-order valence-corrected chi connectivity index (χ4v) is 3.73. The Morgan fingerprint density at radius 3 is 2.43 bits per heavy atom. The maximum absolute atomic E-state index is 11.8. The minimum Gasteiger partial charge on any atom is -0.355 e. The van der Waals surface area contributed by atoms with Crippen LogP contribution in [0.1, 0.15) is 25.3 Å². The van der Waals surface area contributed by atoms with Crippen molar-refractivity contribution >= 4 is 15.8 Å². The number of hydrogen-bond donors (Lipinski definition) is 1. The van der Waals surface area contributed by atoms with Crippen molar-refractivity contribution in [3.8, 4) is 11.3 Å². The molecule has 0 atom stereocenters. The van der Waals surface area contributed by atoms with E-state index in [2.05, 4.69) is 15.1 Å². The molecule has 0 saturated carbocycles. The highest BCUT2D eigenvalue weighted by Gasteiger charge is 2.16. The first-order valence-corrected chi connectivity index (χ1v) is 9.28. The lowest BCUT2D eigenvalue weighted by atomic mass is 10.1. The van der Waals surface area contributed by atoms with Gasteiger partial charge in [0.1, 0.15) is 0 Å². The van der Waals surface area contributed by atoms with E-state index in [9.17, 15) is 8.42 Å². The molecule has 23 heavy (non-hydrogen) atoms. The molecule has 1 saturated heterocycles. The SMILES string of the molecule is CCc1ccc(-c2ccc(N3CCCC3)nn2)cc1S(N)(=O)=O. The molecule has 0 radical (unpaired) electrons. The Morgan fingerprint density at radius 2 is 1.87 bits per heavy atom. The summed E-state index contributed by atoms with van der Waals surface area (Å²) in [6.45, 7) is 3.91. The van der Waals surface area contributed by atoms with Gasteiger partial charge in [-0.05, 0) is 43.0 Å². The van der Waals surface area contributed by atoms with Gasteiger partial charge in [-0.1, -0.05) is 19.1 Å². The smallest absolute Gasteiger partial charge is 0.238 e. The van der Waals surface area contributed by atoms with Crippen LogP contribution in [0.5, 0.6) is 0 Å². The van der Waals surface area contributed by atoms with Crippen molar-refractivity contribution < 1.29 is 8.42 Å². The summed E-state index contributed by atoms with van der Waals surface area (Å²) in [5.74, 6) is 0.864. The van der Waals surface area contributed by atoms with Gasteiger partial charge in [-0.25, -0.2) is 13.6 Å². The molecule has 122 valence electrons. The summed E-state index contributed by atoms with van der Waals surface area (Å²) in [5.41, 5.74) is 2.05. The van der Waals surface area contributed by atoms with Crippen molar-refractivity contribution in [2.75, 3.05) is 18.0 Å². The number of aromatic nitrogens is 2. The van der Waals surface area contributed by atoms with Crippen LogP contribution < -0.4 is 10.0 Å². The lowest BCUT2D eigenvalue weighted by molar-refractivity contribution is 0.596. The summed E-state index contributed by atoms with van der Waals surface area (Å²) in [5, 5.41) is 13.8. The molecule has 0 amide bonds. The highest BCUT2D eigenvalue weighted by molar-refractivity contribution is 7.89. The second kappa shape index (κ2) is 6.25. The first kappa shape index (κ1) is 15.9. The minimum absolute atomic E-state index is 0.155. The van der Waals surface area contributed by atoms with Crippen LogP contribution in [-0.4, -0.2) is 31.7 Å². The molecule has 3 rings (SSSR count). The van der Waals surface area contributed by atoms with E-state index in [-0.39, 0.29) is 4.90 Å². The van der Waals surface area contributed by atoms with Crippen LogP contribution in [0.3, 0.4) is 0 Å². The Morgan fingerprint density at radius 1 is 1.13 bits per heavy atom. The zero-order chi connectivity index (χ0) is 16.4. The zero-order valence-electron chi connectivity index (χ0n) is 13.1. The van der Waals surface area contributed by atoms with Crippen molar-refractivity contribution in [3.05, 3.63) is 35.9 Å². The summed E-state index contributed by atoms with van der Waals surface area (Å²) < 4.78 is 23.5. The average Bonchev–Trinajstić information content (AvgIpc) is 3.08. The molecule has 2 aromatic rings. The Balaban J connectivity index is 1.95. The van der Waals surface area contributed by atoms with E-state index in [1.807, 2.05) is 25.1 Å². The molecule has 2 N–H and O–H groups in total. The maximum atomic E-state index is 11.8. The lowest BCUT2D eigenvalue weighted by Crippen LogP contribution is -2.19. The molecule has 1 aromatic carbocycles. The molecule has 0 aliphatic carbocycles. The van der Waals surface area contributed by atoms with Crippen LogP contribution in [0.25, 0.3) is 11.3 Å². The Labute approximate surface area is 136 Å². The van der Waals surface area contributed by atoms with Gasteiger partial charge in [0.25, 0.3) is 0 Å². The summed E-state index contributed by atoms with van der Waals surface area (Å²) in [6, 6.07) is 9.01. The molecule has 7 heteroatoms. The summed E-state index contributed by atoms with van der Waals surface area (Å²) in [6.07, 6.45) is 2.96. The largest absolute Gasteiger partial charge is 0.355 e. The quantitative estimate of drug-likeness (QED) is 0.924. The number of nitrogens with two attached hydrogens (primary N) is 1. The maximum Gasteiger partial charge on any atom is 0.238 e. The normalized spacial score (nSPS) is 15.1. The van der Waals surface area contributed by atoms with E-state index in [1.165, 1.54) is 12.8 Å². The Hall–Kier alpha value is -1.99. The molecule has 1 aliphatic rings. The molecule has 1 aromatic heterocycles. The molecular weight excluding hydrogens is 312 g/mol. The average molecular weight is 332 g/mol. The fourth-order valence-electron chi connectivity index (χ4n) is 2.86. The molecule has 0 unspecified atom stereocenters. The first-order valence-electron chi connectivity index (χ1n) is 7.74. The molecule has 1 aliphatic heterocycles. The van der Waals surface area contributed by atoms with Gasteiger partial charge in [0.2, 0.25) is 10.0 Å². The number of hydrogen-bond acceptors (Lipinski definition) is 5. The van der Waals surface area contributed by atoms with Gasteiger partial charge in [-0.2, -0.15) is 0 Å². The molecule has 2 heterocycles. The first-order chi connectivity index (χ1) is 11.0. The standard InChI is InChI=1S/C16H20N4O2S/c1-2-12-5-6-13(11-15(12)23(17,21)22)14-7-8-16(19-18-14)20-9-3-4-10-20/h5-8,11H,2-4,9-10H2,1H3,(H2,17,21,22). The number of nitrogens with zero attached hydrogens (tertiary/aromatic N) is 3. The minimum atomic E-state index is -3.75. The van der Waals surface area contributed by atoms with Gasteiger partial charge < -0.3 is 4.90 Å². The number of sulfonamides is 1. The monoisotopic (exact) mass is 332 g/mol. The number of benzene rings is 1. The van der Waals surface area contributed by atoms with Crippen molar-refractivity contribution in [3.63, 3.8) is 0 Å². The van der Waals surface area contributed by atoms with Gasteiger partial charge in [0, 0.05) is 18.7 Å². The third-order valence-corrected chi connectivity index (χ3v) is 5.12. The number of primary sulfonamides is 1. The fraction of sp³-hybridized carbons (Fsp3) is 0.375. The predicted molar refractivity (Wildman–Crippen MR) is 89.7 cm³/mol. The van der Waals surface area contributed by atoms with Crippen LogP contribution in [0, 0.1) is 0 Å². The molecule has 0 bridgehead atoms. The molecule has 1 fully saturated rings. The highest BCUT2D eigenvalue weighted by atomic mass is 32.2. The Kier molecular flexibility index (Phi) is 4.32.